The van der Waals surface area contributed by atoms with Crippen LogP contribution in [0.5, 0.6) is 0 Å². The lowest BCUT2D eigenvalue weighted by molar-refractivity contribution is 1.13. The van der Waals surface area contributed by atoms with Crippen molar-refractivity contribution < 1.29 is 0 Å². The standard InChI is InChI=1S/C49H31N3/c1-2-15-33(16-3-1)44-31-42(49-37-17-5-4-14-32(37)26-27-43(49)50-44)34-28-35(51-45-22-10-6-18-38(45)39-19-7-11-23-46(39)51)30-36(29-34)52-47-24-12-8-20-40(47)41-21-9-13-25-48(41)52/h1-31H. The summed E-state index contributed by atoms with van der Waals surface area (Å²) >= 11 is 0. The predicted octanol–water partition coefficient (Wildman–Crippen LogP) is 12.9. The van der Waals surface area contributed by atoms with E-state index in [9.17, 15) is 0 Å². The molecule has 0 aliphatic rings. The highest BCUT2D eigenvalue weighted by atomic mass is 15.0. The summed E-state index contributed by atoms with van der Waals surface area (Å²) in [5.74, 6) is 0. The molecule has 8 aromatic carbocycles. The van der Waals surface area contributed by atoms with E-state index in [2.05, 4.69) is 197 Å². The normalized spacial score (nSPS) is 11.8. The number of aromatic nitrogens is 3. The van der Waals surface area contributed by atoms with Crippen molar-refractivity contribution in [3.8, 4) is 33.8 Å². The minimum Gasteiger partial charge on any atom is -0.309 e. The van der Waals surface area contributed by atoms with E-state index in [0.717, 1.165) is 44.7 Å². The van der Waals surface area contributed by atoms with Crippen LogP contribution in [0.15, 0.2) is 188 Å². The van der Waals surface area contributed by atoms with Crippen molar-refractivity contribution in [1.29, 1.82) is 0 Å². The molecule has 0 amide bonds. The Morgan fingerprint density at radius 3 is 1.35 bits per heavy atom. The van der Waals surface area contributed by atoms with E-state index < -0.39 is 0 Å². The van der Waals surface area contributed by atoms with E-state index in [0.29, 0.717) is 0 Å². The van der Waals surface area contributed by atoms with Gasteiger partial charge in [-0.1, -0.05) is 133 Å². The van der Waals surface area contributed by atoms with Crippen LogP contribution >= 0.6 is 0 Å². The Balaban J connectivity index is 1.31. The van der Waals surface area contributed by atoms with Crippen molar-refractivity contribution in [3.05, 3.63) is 188 Å². The summed E-state index contributed by atoms with van der Waals surface area (Å²) < 4.78 is 4.87. The van der Waals surface area contributed by atoms with Crippen LogP contribution in [0.4, 0.5) is 0 Å². The highest BCUT2D eigenvalue weighted by Gasteiger charge is 2.19. The van der Waals surface area contributed by atoms with E-state index in [1.807, 2.05) is 0 Å². The van der Waals surface area contributed by atoms with Gasteiger partial charge in [0.05, 0.1) is 33.3 Å². The van der Waals surface area contributed by atoms with Crippen LogP contribution in [0.2, 0.25) is 0 Å². The Bertz CT molecular complexity index is 2940. The molecule has 242 valence electrons. The number of benzene rings is 8. The molecule has 3 nitrogen and oxygen atoms in total. The van der Waals surface area contributed by atoms with Gasteiger partial charge in [-0.05, 0) is 76.5 Å². The summed E-state index contributed by atoms with van der Waals surface area (Å²) in [5.41, 5.74) is 12.3. The van der Waals surface area contributed by atoms with Crippen LogP contribution < -0.4 is 0 Å². The zero-order valence-corrected chi connectivity index (χ0v) is 28.2. The van der Waals surface area contributed by atoms with E-state index in [-0.39, 0.29) is 0 Å². The summed E-state index contributed by atoms with van der Waals surface area (Å²) in [6.07, 6.45) is 0. The maximum atomic E-state index is 5.28. The molecule has 3 aromatic heterocycles. The Hall–Kier alpha value is -6.97. The number of para-hydroxylation sites is 4. The Morgan fingerprint density at radius 1 is 0.346 bits per heavy atom. The fraction of sp³-hybridized carbons (Fsp3) is 0. The van der Waals surface area contributed by atoms with Gasteiger partial charge in [-0.2, -0.15) is 0 Å². The highest BCUT2D eigenvalue weighted by molar-refractivity contribution is 6.15. The summed E-state index contributed by atoms with van der Waals surface area (Å²) in [5, 5.41) is 8.53. The maximum absolute atomic E-state index is 5.28. The second-order valence-corrected chi connectivity index (χ2v) is 13.6. The fourth-order valence-electron chi connectivity index (χ4n) is 8.40. The molecule has 3 heteroatoms. The average Bonchev–Trinajstić information content (AvgIpc) is 3.74. The first-order valence-corrected chi connectivity index (χ1v) is 17.8. The number of pyridine rings is 1. The van der Waals surface area contributed by atoms with Gasteiger partial charge in [0.15, 0.2) is 0 Å². The summed E-state index contributed by atoms with van der Waals surface area (Å²) in [6, 6.07) is 68.0. The minimum atomic E-state index is 0.957. The quantitative estimate of drug-likeness (QED) is 0.172. The zero-order chi connectivity index (χ0) is 34.2. The third kappa shape index (κ3) is 4.30. The molecule has 0 aliphatic carbocycles. The van der Waals surface area contributed by atoms with Gasteiger partial charge in [0.2, 0.25) is 0 Å². The molecular weight excluding hydrogens is 631 g/mol. The van der Waals surface area contributed by atoms with Crippen LogP contribution in [0.1, 0.15) is 0 Å². The van der Waals surface area contributed by atoms with Crippen LogP contribution in [0, 0.1) is 0 Å². The van der Waals surface area contributed by atoms with E-state index in [1.165, 1.54) is 54.4 Å². The number of nitrogens with zero attached hydrogens (tertiary/aromatic N) is 3. The largest absolute Gasteiger partial charge is 0.309 e. The molecule has 0 spiro atoms. The predicted molar refractivity (Wildman–Crippen MR) is 219 cm³/mol. The summed E-state index contributed by atoms with van der Waals surface area (Å²) in [4.78, 5) is 5.28. The molecule has 0 aliphatic heterocycles. The van der Waals surface area contributed by atoms with E-state index in [1.54, 1.807) is 0 Å². The molecule has 0 N–H and O–H groups in total. The molecule has 0 atom stereocenters. The van der Waals surface area contributed by atoms with Gasteiger partial charge in [-0.3, -0.25) is 0 Å². The minimum absolute atomic E-state index is 0.957. The van der Waals surface area contributed by atoms with Gasteiger partial charge in [-0.15, -0.1) is 0 Å². The van der Waals surface area contributed by atoms with E-state index in [4.69, 9.17) is 4.98 Å². The Morgan fingerprint density at radius 2 is 0.808 bits per heavy atom. The monoisotopic (exact) mass is 661 g/mol. The lowest BCUT2D eigenvalue weighted by Crippen LogP contribution is -2.00. The number of rotatable bonds is 4. The topological polar surface area (TPSA) is 22.8 Å². The van der Waals surface area contributed by atoms with Crippen molar-refractivity contribution in [2.24, 2.45) is 0 Å². The molecule has 0 radical (unpaired) electrons. The fourth-order valence-corrected chi connectivity index (χ4v) is 8.40. The van der Waals surface area contributed by atoms with Crippen molar-refractivity contribution in [1.82, 2.24) is 14.1 Å². The smallest absolute Gasteiger partial charge is 0.0722 e. The zero-order valence-electron chi connectivity index (χ0n) is 28.2. The first-order chi connectivity index (χ1) is 25.8. The molecular formula is C49H31N3. The number of hydrogen-bond donors (Lipinski definition) is 0. The molecule has 0 saturated carbocycles. The van der Waals surface area contributed by atoms with Gasteiger partial charge in [0.25, 0.3) is 0 Å². The third-order valence-electron chi connectivity index (χ3n) is 10.7. The van der Waals surface area contributed by atoms with Crippen LogP contribution in [0.25, 0.3) is 99.0 Å². The Labute approximate surface area is 300 Å². The van der Waals surface area contributed by atoms with Gasteiger partial charge in [-0.25, -0.2) is 4.98 Å². The lowest BCUT2D eigenvalue weighted by atomic mass is 9.94. The van der Waals surface area contributed by atoms with Crippen molar-refractivity contribution in [2.75, 3.05) is 0 Å². The molecule has 0 saturated heterocycles. The van der Waals surface area contributed by atoms with Crippen LogP contribution in [-0.4, -0.2) is 14.1 Å². The van der Waals surface area contributed by atoms with Gasteiger partial charge < -0.3 is 9.13 Å². The van der Waals surface area contributed by atoms with Gasteiger partial charge >= 0.3 is 0 Å². The summed E-state index contributed by atoms with van der Waals surface area (Å²) in [7, 11) is 0. The Kier molecular flexibility index (Phi) is 6.25. The first kappa shape index (κ1) is 28.8. The molecule has 3 heterocycles. The third-order valence-corrected chi connectivity index (χ3v) is 10.7. The molecule has 11 aromatic rings. The first-order valence-electron chi connectivity index (χ1n) is 17.8. The number of fused-ring (bicyclic) bond motifs is 9. The lowest BCUT2D eigenvalue weighted by Gasteiger charge is -2.18. The molecule has 0 unspecified atom stereocenters. The number of hydrogen-bond acceptors (Lipinski definition) is 1. The molecule has 11 rings (SSSR count). The molecule has 52 heavy (non-hydrogen) atoms. The average molecular weight is 662 g/mol. The van der Waals surface area contributed by atoms with Crippen molar-refractivity contribution in [2.45, 2.75) is 0 Å². The van der Waals surface area contributed by atoms with Crippen molar-refractivity contribution >= 4 is 65.3 Å². The summed E-state index contributed by atoms with van der Waals surface area (Å²) in [6.45, 7) is 0. The SMILES string of the molecule is c1ccc(-c2cc(-c3cc(-n4c5ccccc5c5ccccc54)cc(-n4c5ccccc5c5ccccc54)c3)c3c(ccc4ccccc43)n2)cc1. The van der Waals surface area contributed by atoms with Crippen LogP contribution in [-0.2, 0) is 0 Å². The second-order valence-electron chi connectivity index (χ2n) is 13.6. The van der Waals surface area contributed by atoms with Gasteiger partial charge in [0, 0.05) is 43.9 Å². The van der Waals surface area contributed by atoms with Gasteiger partial charge in [0.1, 0.15) is 0 Å². The molecule has 0 fully saturated rings. The maximum Gasteiger partial charge on any atom is 0.0722 e. The highest BCUT2D eigenvalue weighted by Crippen LogP contribution is 2.41. The van der Waals surface area contributed by atoms with Crippen molar-refractivity contribution in [3.63, 3.8) is 0 Å². The van der Waals surface area contributed by atoms with Crippen LogP contribution in [0.3, 0.4) is 0 Å². The second kappa shape index (κ2) is 11.3. The van der Waals surface area contributed by atoms with E-state index >= 15 is 0 Å². The molecule has 0 bridgehead atoms.